The lowest BCUT2D eigenvalue weighted by Crippen LogP contribution is -2.13. The van der Waals surface area contributed by atoms with Crippen LogP contribution in [-0.4, -0.2) is 18.6 Å². The molecule has 0 saturated heterocycles. The van der Waals surface area contributed by atoms with E-state index in [9.17, 15) is 0 Å². The van der Waals surface area contributed by atoms with Gasteiger partial charge in [-0.05, 0) is 31.2 Å². The lowest BCUT2D eigenvalue weighted by Gasteiger charge is -2.05. The standard InChI is InChI=1S/C14H17ClN2O2/c1-3-6-16-9-14-17-8-13(19-14)11-7-10(15)4-5-12(11)18-2/h4-5,7-8,16H,3,6,9H2,1-2H3. The van der Waals surface area contributed by atoms with Gasteiger partial charge in [-0.2, -0.15) is 0 Å². The van der Waals surface area contributed by atoms with Crippen LogP contribution in [0.25, 0.3) is 11.3 Å². The first-order chi connectivity index (χ1) is 9.24. The second-order valence-corrected chi connectivity index (χ2v) is 4.58. The monoisotopic (exact) mass is 280 g/mol. The van der Waals surface area contributed by atoms with Gasteiger partial charge in [0.15, 0.2) is 5.76 Å². The first-order valence-electron chi connectivity index (χ1n) is 6.24. The third-order valence-electron chi connectivity index (χ3n) is 2.68. The molecule has 1 aromatic carbocycles. The number of hydrogen-bond donors (Lipinski definition) is 1. The molecule has 102 valence electrons. The minimum atomic E-state index is 0.622. The van der Waals surface area contributed by atoms with Crippen molar-refractivity contribution >= 4 is 11.6 Å². The van der Waals surface area contributed by atoms with Crippen LogP contribution in [0.3, 0.4) is 0 Å². The predicted molar refractivity (Wildman–Crippen MR) is 75.5 cm³/mol. The van der Waals surface area contributed by atoms with Crippen LogP contribution in [-0.2, 0) is 6.54 Å². The van der Waals surface area contributed by atoms with E-state index in [1.807, 2.05) is 12.1 Å². The summed E-state index contributed by atoms with van der Waals surface area (Å²) in [5.41, 5.74) is 0.809. The molecule has 0 spiro atoms. The molecule has 0 unspecified atom stereocenters. The van der Waals surface area contributed by atoms with Crippen molar-refractivity contribution in [2.24, 2.45) is 0 Å². The molecule has 4 nitrogen and oxygen atoms in total. The summed E-state index contributed by atoms with van der Waals surface area (Å²) in [4.78, 5) is 4.24. The Balaban J connectivity index is 2.20. The van der Waals surface area contributed by atoms with Crippen LogP contribution < -0.4 is 10.1 Å². The molecule has 5 heteroatoms. The van der Waals surface area contributed by atoms with E-state index in [0.717, 1.165) is 18.5 Å². The van der Waals surface area contributed by atoms with Gasteiger partial charge in [-0.15, -0.1) is 0 Å². The Hall–Kier alpha value is -1.52. The Kier molecular flexibility index (Phi) is 4.82. The summed E-state index contributed by atoms with van der Waals surface area (Å²) >= 11 is 6.00. The molecular weight excluding hydrogens is 264 g/mol. The summed E-state index contributed by atoms with van der Waals surface area (Å²) in [6, 6.07) is 5.41. The van der Waals surface area contributed by atoms with Crippen LogP contribution in [0.5, 0.6) is 5.75 Å². The van der Waals surface area contributed by atoms with Crippen molar-refractivity contribution in [2.75, 3.05) is 13.7 Å². The lowest BCUT2D eigenvalue weighted by atomic mass is 10.1. The number of aromatic nitrogens is 1. The minimum Gasteiger partial charge on any atom is -0.496 e. The second kappa shape index (κ2) is 6.59. The zero-order valence-electron chi connectivity index (χ0n) is 11.1. The summed E-state index contributed by atoms with van der Waals surface area (Å²) in [6.07, 6.45) is 2.77. The normalized spacial score (nSPS) is 10.7. The number of methoxy groups -OCH3 is 1. The van der Waals surface area contributed by atoms with Crippen LogP contribution in [0.1, 0.15) is 19.2 Å². The predicted octanol–water partition coefficient (Wildman–Crippen LogP) is 3.50. The fourth-order valence-electron chi connectivity index (χ4n) is 1.76. The molecule has 1 heterocycles. The molecule has 0 aliphatic heterocycles. The van der Waals surface area contributed by atoms with Crippen LogP contribution in [0.2, 0.25) is 5.02 Å². The Labute approximate surface area is 117 Å². The molecule has 2 rings (SSSR count). The number of nitrogens with zero attached hydrogens (tertiary/aromatic N) is 1. The molecule has 19 heavy (non-hydrogen) atoms. The van der Waals surface area contributed by atoms with Crippen LogP contribution in [0, 0.1) is 0 Å². The largest absolute Gasteiger partial charge is 0.496 e. The fraction of sp³-hybridized carbons (Fsp3) is 0.357. The van der Waals surface area contributed by atoms with Gasteiger partial charge in [-0.1, -0.05) is 18.5 Å². The van der Waals surface area contributed by atoms with Crippen molar-refractivity contribution in [1.82, 2.24) is 10.3 Å². The Morgan fingerprint density at radius 3 is 3.00 bits per heavy atom. The molecule has 2 aromatic rings. The summed E-state index contributed by atoms with van der Waals surface area (Å²) in [5, 5.41) is 3.88. The number of halogens is 1. The van der Waals surface area contributed by atoms with E-state index in [2.05, 4.69) is 17.2 Å². The van der Waals surface area contributed by atoms with E-state index >= 15 is 0 Å². The number of oxazole rings is 1. The number of benzene rings is 1. The van der Waals surface area contributed by atoms with Gasteiger partial charge in [0.1, 0.15) is 5.75 Å². The van der Waals surface area contributed by atoms with Crippen molar-refractivity contribution in [3.05, 3.63) is 35.3 Å². The van der Waals surface area contributed by atoms with Crippen molar-refractivity contribution < 1.29 is 9.15 Å². The topological polar surface area (TPSA) is 47.3 Å². The molecule has 0 saturated carbocycles. The highest BCUT2D eigenvalue weighted by Gasteiger charge is 2.12. The van der Waals surface area contributed by atoms with E-state index in [-0.39, 0.29) is 0 Å². The Morgan fingerprint density at radius 1 is 1.42 bits per heavy atom. The average molecular weight is 281 g/mol. The Bertz CT molecular complexity index is 540. The van der Waals surface area contributed by atoms with E-state index in [4.69, 9.17) is 20.8 Å². The van der Waals surface area contributed by atoms with Crippen molar-refractivity contribution in [3.8, 4) is 17.1 Å². The summed E-state index contributed by atoms with van der Waals surface area (Å²) < 4.78 is 11.0. The smallest absolute Gasteiger partial charge is 0.208 e. The molecule has 0 atom stereocenters. The van der Waals surface area contributed by atoms with Crippen molar-refractivity contribution in [1.29, 1.82) is 0 Å². The highest BCUT2D eigenvalue weighted by atomic mass is 35.5. The van der Waals surface area contributed by atoms with E-state index < -0.39 is 0 Å². The van der Waals surface area contributed by atoms with Gasteiger partial charge in [0.25, 0.3) is 0 Å². The highest BCUT2D eigenvalue weighted by Crippen LogP contribution is 2.32. The second-order valence-electron chi connectivity index (χ2n) is 4.14. The van der Waals surface area contributed by atoms with Gasteiger partial charge < -0.3 is 14.5 Å². The summed E-state index contributed by atoms with van der Waals surface area (Å²) in [5.74, 6) is 2.03. The van der Waals surface area contributed by atoms with Gasteiger partial charge >= 0.3 is 0 Å². The van der Waals surface area contributed by atoms with Gasteiger partial charge in [0.05, 0.1) is 25.4 Å². The van der Waals surface area contributed by atoms with Gasteiger partial charge in [-0.3, -0.25) is 0 Å². The zero-order chi connectivity index (χ0) is 13.7. The molecule has 0 radical (unpaired) electrons. The van der Waals surface area contributed by atoms with E-state index in [1.54, 1.807) is 19.4 Å². The first-order valence-corrected chi connectivity index (χ1v) is 6.61. The molecule has 1 N–H and O–H groups in total. The van der Waals surface area contributed by atoms with Crippen LogP contribution in [0.15, 0.2) is 28.8 Å². The molecular formula is C14H17ClN2O2. The maximum absolute atomic E-state index is 6.00. The van der Waals surface area contributed by atoms with Crippen LogP contribution in [0.4, 0.5) is 0 Å². The molecule has 0 aliphatic rings. The van der Waals surface area contributed by atoms with Crippen molar-refractivity contribution in [2.45, 2.75) is 19.9 Å². The summed E-state index contributed by atoms with van der Waals surface area (Å²) in [7, 11) is 1.62. The minimum absolute atomic E-state index is 0.622. The number of hydrogen-bond acceptors (Lipinski definition) is 4. The van der Waals surface area contributed by atoms with Gasteiger partial charge in [-0.25, -0.2) is 4.98 Å². The first kappa shape index (κ1) is 13.9. The Morgan fingerprint density at radius 2 is 2.26 bits per heavy atom. The third-order valence-corrected chi connectivity index (χ3v) is 2.92. The molecule has 0 aliphatic carbocycles. The molecule has 1 aromatic heterocycles. The SMILES string of the molecule is CCCNCc1ncc(-c2cc(Cl)ccc2OC)o1. The lowest BCUT2D eigenvalue weighted by molar-refractivity contribution is 0.413. The van der Waals surface area contributed by atoms with Gasteiger partial charge in [0, 0.05) is 5.02 Å². The van der Waals surface area contributed by atoms with Crippen molar-refractivity contribution in [3.63, 3.8) is 0 Å². The van der Waals surface area contributed by atoms with E-state index in [0.29, 0.717) is 29.0 Å². The average Bonchev–Trinajstić information content (AvgIpc) is 2.88. The third kappa shape index (κ3) is 3.49. The summed E-state index contributed by atoms with van der Waals surface area (Å²) in [6.45, 7) is 3.68. The number of ether oxygens (including phenoxy) is 1. The fourth-order valence-corrected chi connectivity index (χ4v) is 1.93. The quantitative estimate of drug-likeness (QED) is 0.823. The van der Waals surface area contributed by atoms with E-state index in [1.165, 1.54) is 0 Å². The van der Waals surface area contributed by atoms with Crippen LogP contribution >= 0.6 is 11.6 Å². The van der Waals surface area contributed by atoms with Gasteiger partial charge in [0.2, 0.25) is 5.89 Å². The maximum atomic E-state index is 6.00. The number of nitrogens with one attached hydrogen (secondary N) is 1. The number of rotatable bonds is 6. The molecule has 0 fully saturated rings. The molecule has 0 bridgehead atoms. The molecule has 0 amide bonds. The zero-order valence-corrected chi connectivity index (χ0v) is 11.8. The maximum Gasteiger partial charge on any atom is 0.208 e. The highest BCUT2D eigenvalue weighted by molar-refractivity contribution is 6.30.